The molecular formula is C16H28N2O. The number of aliphatic hydroxyl groups is 1. The standard InChI is InChI=1S/C16H28N2O/c1-5-15(17)16(18(4)11-10-13(3)19)14-9-7-6-8-12(14)2/h6-9,13,15-16,19H,5,10-11,17H2,1-4H3. The van der Waals surface area contributed by atoms with Crippen LogP contribution in [0.25, 0.3) is 0 Å². The second-order valence-corrected chi connectivity index (χ2v) is 5.49. The number of aryl methyl sites for hydroxylation is 1. The first-order chi connectivity index (χ1) is 8.97. The minimum absolute atomic E-state index is 0.111. The fourth-order valence-electron chi connectivity index (χ4n) is 2.47. The molecule has 1 rings (SSSR count). The summed E-state index contributed by atoms with van der Waals surface area (Å²) in [5.74, 6) is 0. The minimum Gasteiger partial charge on any atom is -0.393 e. The first kappa shape index (κ1) is 16.2. The molecule has 108 valence electrons. The molecule has 3 nitrogen and oxygen atoms in total. The fourth-order valence-corrected chi connectivity index (χ4v) is 2.47. The number of hydrogen-bond donors (Lipinski definition) is 2. The van der Waals surface area contributed by atoms with E-state index in [1.807, 2.05) is 6.92 Å². The molecule has 3 atom stereocenters. The van der Waals surface area contributed by atoms with Crippen molar-refractivity contribution in [1.82, 2.24) is 4.90 Å². The Bertz CT molecular complexity index is 379. The van der Waals surface area contributed by atoms with Crippen LogP contribution in [0, 0.1) is 6.92 Å². The zero-order chi connectivity index (χ0) is 14.4. The Hall–Kier alpha value is -0.900. The molecule has 0 radical (unpaired) electrons. The molecule has 0 saturated carbocycles. The number of nitrogens with two attached hydrogens (primary N) is 1. The van der Waals surface area contributed by atoms with Crippen LogP contribution in [0.3, 0.4) is 0 Å². The molecule has 0 spiro atoms. The van der Waals surface area contributed by atoms with Crippen molar-refractivity contribution in [3.8, 4) is 0 Å². The van der Waals surface area contributed by atoms with Gasteiger partial charge in [0.25, 0.3) is 0 Å². The van der Waals surface area contributed by atoms with Gasteiger partial charge in [0.05, 0.1) is 6.10 Å². The van der Waals surface area contributed by atoms with Gasteiger partial charge in [0.1, 0.15) is 0 Å². The average molecular weight is 264 g/mol. The molecule has 0 aliphatic heterocycles. The monoisotopic (exact) mass is 264 g/mol. The normalized spacial score (nSPS) is 16.4. The topological polar surface area (TPSA) is 49.5 Å². The van der Waals surface area contributed by atoms with E-state index in [4.69, 9.17) is 5.73 Å². The van der Waals surface area contributed by atoms with Crippen molar-refractivity contribution < 1.29 is 5.11 Å². The van der Waals surface area contributed by atoms with Gasteiger partial charge in [-0.05, 0) is 44.9 Å². The zero-order valence-corrected chi connectivity index (χ0v) is 12.6. The third-order valence-electron chi connectivity index (χ3n) is 3.76. The highest BCUT2D eigenvalue weighted by atomic mass is 16.3. The fraction of sp³-hybridized carbons (Fsp3) is 0.625. The van der Waals surface area contributed by atoms with Crippen LogP contribution < -0.4 is 5.73 Å². The molecule has 3 N–H and O–H groups in total. The number of benzene rings is 1. The smallest absolute Gasteiger partial charge is 0.0524 e. The molecule has 0 amide bonds. The molecule has 0 aliphatic carbocycles. The molecule has 1 aromatic rings. The summed E-state index contributed by atoms with van der Waals surface area (Å²) in [6.07, 6.45) is 1.45. The van der Waals surface area contributed by atoms with Crippen LogP contribution in [0.4, 0.5) is 0 Å². The molecule has 0 heterocycles. The quantitative estimate of drug-likeness (QED) is 0.795. The second kappa shape index (κ2) is 7.63. The van der Waals surface area contributed by atoms with Gasteiger partial charge in [0.15, 0.2) is 0 Å². The maximum Gasteiger partial charge on any atom is 0.0524 e. The Morgan fingerprint density at radius 1 is 1.32 bits per heavy atom. The zero-order valence-electron chi connectivity index (χ0n) is 12.6. The van der Waals surface area contributed by atoms with Crippen LogP contribution >= 0.6 is 0 Å². The van der Waals surface area contributed by atoms with E-state index in [0.29, 0.717) is 0 Å². The van der Waals surface area contributed by atoms with Gasteiger partial charge in [-0.25, -0.2) is 0 Å². The summed E-state index contributed by atoms with van der Waals surface area (Å²) in [6, 6.07) is 8.75. The van der Waals surface area contributed by atoms with Crippen LogP contribution in [0.1, 0.15) is 43.9 Å². The van der Waals surface area contributed by atoms with Gasteiger partial charge < -0.3 is 10.8 Å². The van der Waals surface area contributed by atoms with E-state index in [2.05, 4.69) is 50.1 Å². The molecule has 0 fully saturated rings. The molecule has 0 saturated heterocycles. The number of nitrogens with zero attached hydrogens (tertiary/aromatic N) is 1. The number of rotatable bonds is 7. The summed E-state index contributed by atoms with van der Waals surface area (Å²) >= 11 is 0. The largest absolute Gasteiger partial charge is 0.393 e. The number of likely N-dealkylation sites (N-methyl/N-ethyl adjacent to an activating group) is 1. The number of hydrogen-bond acceptors (Lipinski definition) is 3. The predicted octanol–water partition coefficient (Wildman–Crippen LogP) is 2.48. The Balaban J connectivity index is 2.92. The summed E-state index contributed by atoms with van der Waals surface area (Å²) in [4.78, 5) is 2.27. The summed E-state index contributed by atoms with van der Waals surface area (Å²) < 4.78 is 0. The summed E-state index contributed by atoms with van der Waals surface area (Å²) in [5.41, 5.74) is 8.90. The molecule has 0 aromatic heterocycles. The van der Waals surface area contributed by atoms with Crippen molar-refractivity contribution >= 4 is 0 Å². The van der Waals surface area contributed by atoms with Crippen LogP contribution in [0.15, 0.2) is 24.3 Å². The van der Waals surface area contributed by atoms with E-state index >= 15 is 0 Å². The minimum atomic E-state index is -0.266. The number of aliphatic hydroxyl groups excluding tert-OH is 1. The lowest BCUT2D eigenvalue weighted by Gasteiger charge is -2.34. The van der Waals surface area contributed by atoms with Crippen molar-refractivity contribution in [2.75, 3.05) is 13.6 Å². The highest BCUT2D eigenvalue weighted by Crippen LogP contribution is 2.26. The van der Waals surface area contributed by atoms with Crippen molar-refractivity contribution in [2.24, 2.45) is 5.73 Å². The van der Waals surface area contributed by atoms with Gasteiger partial charge in [-0.2, -0.15) is 0 Å². The van der Waals surface area contributed by atoms with Gasteiger partial charge in [0.2, 0.25) is 0 Å². The molecule has 1 aromatic carbocycles. The van der Waals surface area contributed by atoms with E-state index in [1.165, 1.54) is 11.1 Å². The lowest BCUT2D eigenvalue weighted by Crippen LogP contribution is -2.40. The Labute approximate surface area is 117 Å². The van der Waals surface area contributed by atoms with Crippen LogP contribution in [0.2, 0.25) is 0 Å². The van der Waals surface area contributed by atoms with Gasteiger partial charge in [-0.3, -0.25) is 4.90 Å². The van der Waals surface area contributed by atoms with E-state index in [9.17, 15) is 5.11 Å². The van der Waals surface area contributed by atoms with E-state index in [1.54, 1.807) is 0 Å². The lowest BCUT2D eigenvalue weighted by molar-refractivity contribution is 0.140. The maximum absolute atomic E-state index is 9.45. The summed E-state index contributed by atoms with van der Waals surface area (Å²) in [6.45, 7) is 6.94. The Kier molecular flexibility index (Phi) is 6.49. The van der Waals surface area contributed by atoms with Gasteiger partial charge >= 0.3 is 0 Å². The molecule has 0 aliphatic rings. The lowest BCUT2D eigenvalue weighted by atomic mass is 9.93. The highest BCUT2D eigenvalue weighted by Gasteiger charge is 2.24. The predicted molar refractivity (Wildman–Crippen MR) is 81.1 cm³/mol. The van der Waals surface area contributed by atoms with E-state index < -0.39 is 0 Å². The van der Waals surface area contributed by atoms with Gasteiger partial charge in [-0.1, -0.05) is 31.2 Å². The Morgan fingerprint density at radius 2 is 1.95 bits per heavy atom. The van der Waals surface area contributed by atoms with Crippen molar-refractivity contribution in [3.05, 3.63) is 35.4 Å². The average Bonchev–Trinajstić information content (AvgIpc) is 2.38. The van der Waals surface area contributed by atoms with Crippen LogP contribution in [-0.4, -0.2) is 35.7 Å². The maximum atomic E-state index is 9.45. The van der Waals surface area contributed by atoms with Crippen LogP contribution in [-0.2, 0) is 0 Å². The summed E-state index contributed by atoms with van der Waals surface area (Å²) in [5, 5.41) is 9.45. The van der Waals surface area contributed by atoms with Crippen molar-refractivity contribution in [2.45, 2.75) is 51.8 Å². The van der Waals surface area contributed by atoms with Crippen molar-refractivity contribution in [3.63, 3.8) is 0 Å². The van der Waals surface area contributed by atoms with Gasteiger partial charge in [0, 0.05) is 18.6 Å². The second-order valence-electron chi connectivity index (χ2n) is 5.49. The third kappa shape index (κ3) is 4.60. The van der Waals surface area contributed by atoms with E-state index in [0.717, 1.165) is 19.4 Å². The molecule has 0 bridgehead atoms. The molecule has 19 heavy (non-hydrogen) atoms. The molecular weight excluding hydrogens is 236 g/mol. The SMILES string of the molecule is CCC(N)C(c1ccccc1C)N(C)CCC(C)O. The highest BCUT2D eigenvalue weighted by molar-refractivity contribution is 5.29. The van der Waals surface area contributed by atoms with Crippen molar-refractivity contribution in [1.29, 1.82) is 0 Å². The summed E-state index contributed by atoms with van der Waals surface area (Å²) in [7, 11) is 2.09. The molecule has 3 heteroatoms. The third-order valence-corrected chi connectivity index (χ3v) is 3.76. The van der Waals surface area contributed by atoms with Gasteiger partial charge in [-0.15, -0.1) is 0 Å². The molecule has 3 unspecified atom stereocenters. The van der Waals surface area contributed by atoms with Crippen LogP contribution in [0.5, 0.6) is 0 Å². The first-order valence-electron chi connectivity index (χ1n) is 7.16. The van der Waals surface area contributed by atoms with E-state index in [-0.39, 0.29) is 18.2 Å². The first-order valence-corrected chi connectivity index (χ1v) is 7.16. The Morgan fingerprint density at radius 3 is 2.47 bits per heavy atom.